The lowest BCUT2D eigenvalue weighted by Crippen LogP contribution is -2.49. The Morgan fingerprint density at radius 1 is 1.27 bits per heavy atom. The van der Waals surface area contributed by atoms with E-state index in [1.807, 2.05) is 0 Å². The van der Waals surface area contributed by atoms with Gasteiger partial charge in [-0.25, -0.2) is 0 Å². The number of carbonyl (C=O) groups excluding carboxylic acids is 2. The predicted molar refractivity (Wildman–Crippen MR) is 37.9 cm³/mol. The van der Waals surface area contributed by atoms with Gasteiger partial charge in [-0.15, -0.1) is 0 Å². The van der Waals surface area contributed by atoms with Gasteiger partial charge in [-0.05, 0) is 0 Å². The van der Waals surface area contributed by atoms with E-state index in [2.05, 4.69) is 10.6 Å². The van der Waals surface area contributed by atoms with Crippen LogP contribution in [0.3, 0.4) is 0 Å². The summed E-state index contributed by atoms with van der Waals surface area (Å²) in [5.74, 6) is -0.342. The number of Topliss-reactive ketones (excluding diaryl/α,β-unsaturated/α-hetero) is 1. The Bertz CT molecular complexity index is 192. The molecule has 0 saturated carbocycles. The minimum Gasteiger partial charge on any atom is -0.345 e. The highest BCUT2D eigenvalue weighted by Gasteiger charge is 2.36. The van der Waals surface area contributed by atoms with E-state index in [9.17, 15) is 9.59 Å². The molecule has 11 heavy (non-hydrogen) atoms. The second-order valence-corrected chi connectivity index (χ2v) is 3.13. The van der Waals surface area contributed by atoms with Crippen LogP contribution in [-0.2, 0) is 9.59 Å². The third-order valence-electron chi connectivity index (χ3n) is 2.36. The molecule has 0 spiro atoms. The van der Waals surface area contributed by atoms with Gasteiger partial charge in [0.2, 0.25) is 5.78 Å². The number of piperidine rings is 1. The molecule has 2 heterocycles. The SMILES string of the molecule is O=C1CC2CNCC2NC1=O. The van der Waals surface area contributed by atoms with Crippen molar-refractivity contribution >= 4 is 11.7 Å². The number of hydrogen-bond donors (Lipinski definition) is 2. The quantitative estimate of drug-likeness (QED) is 0.425. The fraction of sp³-hybridized carbons (Fsp3) is 0.714. The summed E-state index contributed by atoms with van der Waals surface area (Å²) in [6.45, 7) is 1.67. The Kier molecular flexibility index (Phi) is 1.42. The van der Waals surface area contributed by atoms with Gasteiger partial charge in [0.25, 0.3) is 5.91 Å². The number of ketones is 1. The number of nitrogens with one attached hydrogen (secondary N) is 2. The maximum Gasteiger partial charge on any atom is 0.287 e. The molecule has 0 aromatic rings. The van der Waals surface area contributed by atoms with E-state index >= 15 is 0 Å². The minimum absolute atomic E-state index is 0.195. The third kappa shape index (κ3) is 1.03. The average molecular weight is 154 g/mol. The molecule has 0 aromatic carbocycles. The predicted octanol–water partition coefficient (Wildman–Crippen LogP) is -1.34. The molecule has 2 atom stereocenters. The zero-order valence-electron chi connectivity index (χ0n) is 6.09. The van der Waals surface area contributed by atoms with Crippen LogP contribution in [0.15, 0.2) is 0 Å². The summed E-state index contributed by atoms with van der Waals surface area (Å²) in [7, 11) is 0. The van der Waals surface area contributed by atoms with E-state index < -0.39 is 5.91 Å². The number of hydrogen-bond acceptors (Lipinski definition) is 3. The maximum atomic E-state index is 10.9. The smallest absolute Gasteiger partial charge is 0.287 e. The summed E-state index contributed by atoms with van der Waals surface area (Å²) in [6.07, 6.45) is 0.420. The number of amides is 1. The van der Waals surface area contributed by atoms with Crippen LogP contribution in [0.1, 0.15) is 6.42 Å². The third-order valence-corrected chi connectivity index (χ3v) is 2.36. The molecule has 1 amide bonds. The normalized spacial score (nSPS) is 36.7. The number of carbonyl (C=O) groups is 2. The van der Waals surface area contributed by atoms with Crippen molar-refractivity contribution in [3.8, 4) is 0 Å². The summed E-state index contributed by atoms with van der Waals surface area (Å²) in [6, 6.07) is 0.195. The molecule has 2 aliphatic heterocycles. The van der Waals surface area contributed by atoms with Crippen molar-refractivity contribution in [3.05, 3.63) is 0 Å². The second-order valence-electron chi connectivity index (χ2n) is 3.13. The van der Waals surface area contributed by atoms with Crippen LogP contribution < -0.4 is 10.6 Å². The lowest BCUT2D eigenvalue weighted by Gasteiger charge is -2.23. The molecular weight excluding hydrogens is 144 g/mol. The monoisotopic (exact) mass is 154 g/mol. The molecule has 60 valence electrons. The van der Waals surface area contributed by atoms with Gasteiger partial charge in [0.15, 0.2) is 0 Å². The molecule has 2 N–H and O–H groups in total. The van der Waals surface area contributed by atoms with Crippen molar-refractivity contribution < 1.29 is 9.59 Å². The Labute approximate surface area is 64.3 Å². The van der Waals surface area contributed by atoms with E-state index in [-0.39, 0.29) is 11.8 Å². The van der Waals surface area contributed by atoms with E-state index in [0.29, 0.717) is 12.3 Å². The van der Waals surface area contributed by atoms with Crippen molar-refractivity contribution in [2.75, 3.05) is 13.1 Å². The Hall–Kier alpha value is -0.900. The summed E-state index contributed by atoms with van der Waals surface area (Å²) < 4.78 is 0. The zero-order valence-corrected chi connectivity index (χ0v) is 6.09. The molecule has 4 heteroatoms. The van der Waals surface area contributed by atoms with Gasteiger partial charge in [0.05, 0.1) is 0 Å². The maximum absolute atomic E-state index is 10.9. The van der Waals surface area contributed by atoms with Crippen LogP contribution in [0.5, 0.6) is 0 Å². The Morgan fingerprint density at radius 3 is 2.91 bits per heavy atom. The fourth-order valence-corrected chi connectivity index (χ4v) is 1.70. The molecular formula is C7H10N2O2. The summed E-state index contributed by atoms with van der Waals surface area (Å²) in [5, 5.41) is 5.82. The summed E-state index contributed by atoms with van der Waals surface area (Å²) >= 11 is 0. The first-order valence-electron chi connectivity index (χ1n) is 3.82. The van der Waals surface area contributed by atoms with Crippen LogP contribution in [-0.4, -0.2) is 30.8 Å². The fourth-order valence-electron chi connectivity index (χ4n) is 1.70. The largest absolute Gasteiger partial charge is 0.345 e. The van der Waals surface area contributed by atoms with Crippen molar-refractivity contribution in [1.82, 2.24) is 10.6 Å². The van der Waals surface area contributed by atoms with E-state index in [1.165, 1.54) is 0 Å². The van der Waals surface area contributed by atoms with Crippen molar-refractivity contribution in [2.45, 2.75) is 12.5 Å². The molecule has 0 radical (unpaired) electrons. The molecule has 2 unspecified atom stereocenters. The van der Waals surface area contributed by atoms with E-state index in [4.69, 9.17) is 0 Å². The highest BCUT2D eigenvalue weighted by Crippen LogP contribution is 2.17. The van der Waals surface area contributed by atoms with Gasteiger partial charge in [0.1, 0.15) is 0 Å². The molecule has 2 saturated heterocycles. The highest BCUT2D eigenvalue weighted by atomic mass is 16.2. The first-order chi connectivity index (χ1) is 5.27. The van der Waals surface area contributed by atoms with Gasteiger partial charge in [0, 0.05) is 31.5 Å². The first-order valence-corrected chi connectivity index (χ1v) is 3.82. The number of rotatable bonds is 0. The standard InChI is InChI=1S/C7H10N2O2/c10-6-1-4-2-8-3-5(4)9-7(6)11/h4-5,8H,1-3H2,(H,9,11). The zero-order chi connectivity index (χ0) is 7.84. The molecule has 4 nitrogen and oxygen atoms in total. The van der Waals surface area contributed by atoms with Crippen LogP contribution in [0, 0.1) is 5.92 Å². The molecule has 2 rings (SSSR count). The van der Waals surface area contributed by atoms with Crippen LogP contribution in [0.4, 0.5) is 0 Å². The van der Waals surface area contributed by atoms with E-state index in [1.54, 1.807) is 0 Å². The van der Waals surface area contributed by atoms with Gasteiger partial charge < -0.3 is 10.6 Å². The van der Waals surface area contributed by atoms with Crippen LogP contribution in [0.25, 0.3) is 0 Å². The molecule has 2 fully saturated rings. The van der Waals surface area contributed by atoms with Crippen molar-refractivity contribution in [2.24, 2.45) is 5.92 Å². The first kappa shape index (κ1) is 6.79. The van der Waals surface area contributed by atoms with E-state index in [0.717, 1.165) is 13.1 Å². The highest BCUT2D eigenvalue weighted by molar-refractivity contribution is 6.36. The van der Waals surface area contributed by atoms with Crippen molar-refractivity contribution in [1.29, 1.82) is 0 Å². The van der Waals surface area contributed by atoms with Crippen molar-refractivity contribution in [3.63, 3.8) is 0 Å². The molecule has 2 aliphatic rings. The van der Waals surface area contributed by atoms with Gasteiger partial charge in [-0.2, -0.15) is 0 Å². The Morgan fingerprint density at radius 2 is 2.09 bits per heavy atom. The van der Waals surface area contributed by atoms with Crippen LogP contribution in [0.2, 0.25) is 0 Å². The van der Waals surface area contributed by atoms with Gasteiger partial charge in [-0.3, -0.25) is 9.59 Å². The van der Waals surface area contributed by atoms with Gasteiger partial charge >= 0.3 is 0 Å². The molecule has 0 aromatic heterocycles. The van der Waals surface area contributed by atoms with Gasteiger partial charge in [-0.1, -0.05) is 0 Å². The average Bonchev–Trinajstić information content (AvgIpc) is 2.36. The van der Waals surface area contributed by atoms with Crippen LogP contribution >= 0.6 is 0 Å². The minimum atomic E-state index is -0.407. The summed E-state index contributed by atoms with van der Waals surface area (Å²) in [4.78, 5) is 21.7. The second kappa shape index (κ2) is 2.30. The molecule has 0 bridgehead atoms. The molecule has 0 aliphatic carbocycles. The number of fused-ring (bicyclic) bond motifs is 1. The lowest BCUT2D eigenvalue weighted by molar-refractivity contribution is -0.141. The lowest BCUT2D eigenvalue weighted by atomic mass is 9.93. The topological polar surface area (TPSA) is 58.2 Å². The summed E-state index contributed by atoms with van der Waals surface area (Å²) in [5.41, 5.74) is 0. The Balaban J connectivity index is 2.12.